The van der Waals surface area contributed by atoms with Gasteiger partial charge in [-0.2, -0.15) is 0 Å². The molecule has 3 rings (SSSR count). The number of rotatable bonds is 7. The first-order chi connectivity index (χ1) is 13.9. The Bertz CT molecular complexity index is 1050. The van der Waals surface area contributed by atoms with E-state index in [1.165, 1.54) is 11.8 Å². The number of aryl methyl sites for hydroxylation is 1. The van der Waals surface area contributed by atoms with Crippen molar-refractivity contribution in [1.29, 1.82) is 0 Å². The smallest absolute Gasteiger partial charge is 0.255 e. The molecular formula is C22H22ClN3O2S. The Morgan fingerprint density at radius 2 is 1.97 bits per heavy atom. The molecule has 0 spiro atoms. The van der Waals surface area contributed by atoms with Crippen molar-refractivity contribution in [2.75, 3.05) is 0 Å². The van der Waals surface area contributed by atoms with Gasteiger partial charge in [-0.25, -0.2) is 4.98 Å². The summed E-state index contributed by atoms with van der Waals surface area (Å²) in [7, 11) is 0. The molecule has 0 radical (unpaired) electrons. The number of hydrogen-bond acceptors (Lipinski definition) is 4. The minimum absolute atomic E-state index is 0.00935. The highest BCUT2D eigenvalue weighted by molar-refractivity contribution is 7.98. The molecule has 1 atom stereocenters. The molecule has 1 unspecified atom stereocenters. The summed E-state index contributed by atoms with van der Waals surface area (Å²) in [6, 6.07) is 17.1. The maximum absolute atomic E-state index is 12.5. The highest BCUT2D eigenvalue weighted by Gasteiger charge is 2.15. The third kappa shape index (κ3) is 5.95. The molecule has 2 aromatic carbocycles. The predicted molar refractivity (Wildman–Crippen MR) is 117 cm³/mol. The van der Waals surface area contributed by atoms with E-state index in [0.717, 1.165) is 11.1 Å². The van der Waals surface area contributed by atoms with E-state index in [1.54, 1.807) is 6.92 Å². The summed E-state index contributed by atoms with van der Waals surface area (Å²) in [5, 5.41) is 4.12. The van der Waals surface area contributed by atoms with Gasteiger partial charge in [-0.3, -0.25) is 9.59 Å². The lowest BCUT2D eigenvalue weighted by Crippen LogP contribution is -2.31. The number of aromatic amines is 1. The SMILES string of the molecule is Cc1nc(SCc2cccc(Cl)c2)[nH]c(=O)c1CC(=O)NC(C)c1ccccc1. The average Bonchev–Trinajstić information content (AvgIpc) is 2.70. The molecule has 29 heavy (non-hydrogen) atoms. The number of benzene rings is 2. The molecule has 0 aliphatic rings. The topological polar surface area (TPSA) is 74.8 Å². The number of nitrogens with zero attached hydrogens (tertiary/aromatic N) is 1. The van der Waals surface area contributed by atoms with Crippen LogP contribution in [-0.4, -0.2) is 15.9 Å². The molecular weight excluding hydrogens is 406 g/mol. The van der Waals surface area contributed by atoms with Crippen LogP contribution in [0.3, 0.4) is 0 Å². The van der Waals surface area contributed by atoms with Crippen LogP contribution >= 0.6 is 23.4 Å². The predicted octanol–water partition coefficient (Wildman–Crippen LogP) is 4.44. The quantitative estimate of drug-likeness (QED) is 0.431. The summed E-state index contributed by atoms with van der Waals surface area (Å²) < 4.78 is 0. The maximum Gasteiger partial charge on any atom is 0.255 e. The first kappa shape index (κ1) is 21.1. The van der Waals surface area contributed by atoms with Crippen molar-refractivity contribution in [1.82, 2.24) is 15.3 Å². The fourth-order valence-electron chi connectivity index (χ4n) is 2.92. The van der Waals surface area contributed by atoms with E-state index in [9.17, 15) is 9.59 Å². The second kappa shape index (κ2) is 9.76. The van der Waals surface area contributed by atoms with E-state index in [-0.39, 0.29) is 23.9 Å². The molecule has 0 aliphatic heterocycles. The normalized spacial score (nSPS) is 11.8. The van der Waals surface area contributed by atoms with Gasteiger partial charge in [0.05, 0.1) is 12.5 Å². The summed E-state index contributed by atoms with van der Waals surface area (Å²) in [6.07, 6.45) is -0.00935. The number of halogens is 1. The molecule has 0 fully saturated rings. The molecule has 0 saturated carbocycles. The summed E-state index contributed by atoms with van der Waals surface area (Å²) in [6.45, 7) is 3.67. The number of nitrogens with one attached hydrogen (secondary N) is 2. The summed E-state index contributed by atoms with van der Waals surface area (Å²) in [4.78, 5) is 32.2. The van der Waals surface area contributed by atoms with Gasteiger partial charge < -0.3 is 10.3 Å². The Morgan fingerprint density at radius 3 is 2.66 bits per heavy atom. The van der Waals surface area contributed by atoms with Gasteiger partial charge in [0.1, 0.15) is 0 Å². The van der Waals surface area contributed by atoms with E-state index >= 15 is 0 Å². The molecule has 1 heterocycles. The zero-order valence-electron chi connectivity index (χ0n) is 16.2. The molecule has 7 heteroatoms. The summed E-state index contributed by atoms with van der Waals surface area (Å²) in [5.74, 6) is 0.424. The third-order valence-corrected chi connectivity index (χ3v) is 5.66. The molecule has 0 saturated heterocycles. The number of thioether (sulfide) groups is 1. The van der Waals surface area contributed by atoms with Crippen LogP contribution in [0.25, 0.3) is 0 Å². The van der Waals surface area contributed by atoms with Crippen molar-refractivity contribution < 1.29 is 4.79 Å². The fraction of sp³-hybridized carbons (Fsp3) is 0.227. The summed E-state index contributed by atoms with van der Waals surface area (Å²) >= 11 is 7.42. The Hall–Kier alpha value is -2.57. The zero-order chi connectivity index (χ0) is 20.8. The monoisotopic (exact) mass is 427 g/mol. The minimum atomic E-state index is -0.284. The fourth-order valence-corrected chi connectivity index (χ4v) is 3.98. The molecule has 1 amide bonds. The third-order valence-electron chi connectivity index (χ3n) is 4.48. The van der Waals surface area contributed by atoms with Gasteiger partial charge in [0.15, 0.2) is 5.16 Å². The zero-order valence-corrected chi connectivity index (χ0v) is 17.8. The molecule has 2 N–H and O–H groups in total. The van der Waals surface area contributed by atoms with E-state index in [4.69, 9.17) is 11.6 Å². The van der Waals surface area contributed by atoms with Crippen LogP contribution < -0.4 is 10.9 Å². The van der Waals surface area contributed by atoms with Crippen LogP contribution in [0, 0.1) is 6.92 Å². The van der Waals surface area contributed by atoms with Crippen molar-refractivity contribution in [3.8, 4) is 0 Å². The second-order valence-corrected chi connectivity index (χ2v) is 8.13. The van der Waals surface area contributed by atoms with Crippen molar-refractivity contribution in [3.63, 3.8) is 0 Å². The number of H-pyrrole nitrogens is 1. The van der Waals surface area contributed by atoms with Gasteiger partial charge in [0.2, 0.25) is 5.91 Å². The molecule has 0 aliphatic carbocycles. The van der Waals surface area contributed by atoms with Gasteiger partial charge in [0, 0.05) is 22.0 Å². The first-order valence-corrected chi connectivity index (χ1v) is 10.6. The van der Waals surface area contributed by atoms with Gasteiger partial charge in [-0.1, -0.05) is 65.8 Å². The highest BCUT2D eigenvalue weighted by atomic mass is 35.5. The molecule has 3 aromatic rings. The van der Waals surface area contributed by atoms with Crippen LogP contribution in [0.5, 0.6) is 0 Å². The van der Waals surface area contributed by atoms with Crippen LogP contribution in [0.4, 0.5) is 0 Å². The van der Waals surface area contributed by atoms with Crippen LogP contribution in [-0.2, 0) is 17.0 Å². The van der Waals surface area contributed by atoms with Crippen molar-refractivity contribution in [2.45, 2.75) is 37.2 Å². The van der Waals surface area contributed by atoms with Gasteiger partial charge in [-0.15, -0.1) is 0 Å². The Morgan fingerprint density at radius 1 is 1.21 bits per heavy atom. The minimum Gasteiger partial charge on any atom is -0.349 e. The maximum atomic E-state index is 12.5. The summed E-state index contributed by atoms with van der Waals surface area (Å²) in [5.41, 5.74) is 2.71. The molecule has 1 aromatic heterocycles. The lowest BCUT2D eigenvalue weighted by Gasteiger charge is -2.14. The van der Waals surface area contributed by atoms with Crippen molar-refractivity contribution in [3.05, 3.63) is 92.4 Å². The van der Waals surface area contributed by atoms with E-state index in [1.807, 2.05) is 61.5 Å². The Labute approximate surface area is 178 Å². The lowest BCUT2D eigenvalue weighted by molar-refractivity contribution is -0.121. The largest absolute Gasteiger partial charge is 0.349 e. The number of hydrogen-bond donors (Lipinski definition) is 2. The average molecular weight is 428 g/mol. The van der Waals surface area contributed by atoms with Crippen molar-refractivity contribution >= 4 is 29.3 Å². The Kier molecular flexibility index (Phi) is 7.12. The molecule has 5 nitrogen and oxygen atoms in total. The molecule has 150 valence electrons. The Balaban J connectivity index is 1.64. The molecule has 0 bridgehead atoms. The van der Waals surface area contributed by atoms with Crippen LogP contribution in [0.15, 0.2) is 64.5 Å². The van der Waals surface area contributed by atoms with E-state index in [0.29, 0.717) is 27.2 Å². The van der Waals surface area contributed by atoms with Crippen LogP contribution in [0.1, 0.15) is 35.3 Å². The van der Waals surface area contributed by atoms with Gasteiger partial charge >= 0.3 is 0 Å². The van der Waals surface area contributed by atoms with Gasteiger partial charge in [0.25, 0.3) is 5.56 Å². The number of aromatic nitrogens is 2. The number of carbonyl (C=O) groups is 1. The van der Waals surface area contributed by atoms with E-state index in [2.05, 4.69) is 15.3 Å². The number of amides is 1. The highest BCUT2D eigenvalue weighted by Crippen LogP contribution is 2.21. The van der Waals surface area contributed by atoms with E-state index < -0.39 is 0 Å². The lowest BCUT2D eigenvalue weighted by atomic mass is 10.1. The van der Waals surface area contributed by atoms with Crippen LogP contribution in [0.2, 0.25) is 5.02 Å². The first-order valence-electron chi connectivity index (χ1n) is 9.23. The number of carbonyl (C=O) groups excluding carboxylic acids is 1. The van der Waals surface area contributed by atoms with Gasteiger partial charge in [-0.05, 0) is 37.1 Å². The standard InChI is InChI=1S/C22H22ClN3O2S/c1-14(17-8-4-3-5-9-17)24-20(27)12-19-15(2)25-22(26-21(19)28)29-13-16-7-6-10-18(23)11-16/h3-11,14H,12-13H2,1-2H3,(H,24,27)(H,25,26,28). The van der Waals surface area contributed by atoms with Crippen molar-refractivity contribution in [2.24, 2.45) is 0 Å². The second-order valence-electron chi connectivity index (χ2n) is 6.73.